The van der Waals surface area contributed by atoms with Crippen LogP contribution in [0.5, 0.6) is 0 Å². The topological polar surface area (TPSA) is 65.4 Å². The highest BCUT2D eigenvalue weighted by atomic mass is 16.5. The summed E-state index contributed by atoms with van der Waals surface area (Å²) < 4.78 is 5.39. The molecule has 1 aliphatic rings. The third-order valence-electron chi connectivity index (χ3n) is 3.63. The average Bonchev–Trinajstić information content (AvgIpc) is 2.49. The van der Waals surface area contributed by atoms with Gasteiger partial charge in [0.05, 0.1) is 24.8 Å². The first-order chi connectivity index (χ1) is 10.2. The number of ether oxygens (including phenoxy) is 1. The third-order valence-corrected chi connectivity index (χ3v) is 3.63. The number of amides is 1. The van der Waals surface area contributed by atoms with Crippen LogP contribution in [0.2, 0.25) is 0 Å². The molecule has 0 spiro atoms. The van der Waals surface area contributed by atoms with Crippen molar-refractivity contribution in [3.63, 3.8) is 0 Å². The van der Waals surface area contributed by atoms with E-state index in [1.807, 2.05) is 0 Å². The van der Waals surface area contributed by atoms with Crippen LogP contribution < -0.4 is 5.32 Å². The number of anilines is 1. The van der Waals surface area contributed by atoms with Gasteiger partial charge in [0.1, 0.15) is 0 Å². The number of carbonyl (C=O) groups is 1. The standard InChI is InChI=1S/C16H21N3O2/c1-13-12-21-9-8-19(13)7-3-6-16(20)18-15-5-2-4-14(10-15)11-17/h2,4-5,10,13H,3,6-9,12H2,1H3,(H,18,20). The SMILES string of the molecule is CC1COCCN1CCCC(=O)Nc1cccc(C#N)c1. The minimum Gasteiger partial charge on any atom is -0.379 e. The van der Waals surface area contributed by atoms with Gasteiger partial charge >= 0.3 is 0 Å². The first-order valence-electron chi connectivity index (χ1n) is 7.31. The van der Waals surface area contributed by atoms with Crippen LogP contribution in [0.3, 0.4) is 0 Å². The summed E-state index contributed by atoms with van der Waals surface area (Å²) in [5.41, 5.74) is 1.23. The molecule has 0 saturated carbocycles. The van der Waals surface area contributed by atoms with E-state index in [4.69, 9.17) is 10.00 Å². The molecule has 21 heavy (non-hydrogen) atoms. The van der Waals surface area contributed by atoms with E-state index in [9.17, 15) is 4.79 Å². The summed E-state index contributed by atoms with van der Waals surface area (Å²) in [5.74, 6) is -0.00833. The molecule has 1 atom stereocenters. The van der Waals surface area contributed by atoms with E-state index < -0.39 is 0 Å². The minimum atomic E-state index is -0.00833. The average molecular weight is 287 g/mol. The molecule has 1 heterocycles. The van der Waals surface area contributed by atoms with Gasteiger partial charge in [-0.3, -0.25) is 9.69 Å². The fraction of sp³-hybridized carbons (Fsp3) is 0.500. The Morgan fingerprint density at radius 1 is 1.57 bits per heavy atom. The van der Waals surface area contributed by atoms with Gasteiger partial charge in [-0.2, -0.15) is 5.26 Å². The van der Waals surface area contributed by atoms with Crippen molar-refractivity contribution >= 4 is 11.6 Å². The van der Waals surface area contributed by atoms with Crippen molar-refractivity contribution < 1.29 is 9.53 Å². The predicted octanol–water partition coefficient (Wildman–Crippen LogP) is 2.00. The number of hydrogen-bond donors (Lipinski definition) is 1. The first-order valence-corrected chi connectivity index (χ1v) is 7.31. The lowest BCUT2D eigenvalue weighted by Gasteiger charge is -2.33. The minimum absolute atomic E-state index is 0.00833. The van der Waals surface area contributed by atoms with Crippen LogP contribution >= 0.6 is 0 Å². The molecule has 2 rings (SSSR count). The number of rotatable bonds is 5. The van der Waals surface area contributed by atoms with Gasteiger partial charge in [0, 0.05) is 24.7 Å². The highest BCUT2D eigenvalue weighted by Crippen LogP contribution is 2.11. The molecule has 0 radical (unpaired) electrons. The highest BCUT2D eigenvalue weighted by molar-refractivity contribution is 5.90. The van der Waals surface area contributed by atoms with Crippen LogP contribution in [0.1, 0.15) is 25.3 Å². The number of nitriles is 1. The lowest BCUT2D eigenvalue weighted by atomic mass is 10.2. The monoisotopic (exact) mass is 287 g/mol. The second-order valence-electron chi connectivity index (χ2n) is 5.30. The maximum atomic E-state index is 11.9. The van der Waals surface area contributed by atoms with E-state index in [-0.39, 0.29) is 5.91 Å². The molecule has 1 saturated heterocycles. The lowest BCUT2D eigenvalue weighted by molar-refractivity contribution is -0.116. The number of carbonyl (C=O) groups excluding carboxylic acids is 1. The van der Waals surface area contributed by atoms with E-state index in [2.05, 4.69) is 23.2 Å². The fourth-order valence-electron chi connectivity index (χ4n) is 2.43. The van der Waals surface area contributed by atoms with Gasteiger partial charge in [0.2, 0.25) is 5.91 Å². The zero-order chi connectivity index (χ0) is 15.1. The van der Waals surface area contributed by atoms with E-state index in [1.165, 1.54) is 0 Å². The maximum Gasteiger partial charge on any atom is 0.224 e. The number of nitrogens with one attached hydrogen (secondary N) is 1. The largest absolute Gasteiger partial charge is 0.379 e. The second-order valence-corrected chi connectivity index (χ2v) is 5.30. The van der Waals surface area contributed by atoms with Crippen molar-refractivity contribution in [2.45, 2.75) is 25.8 Å². The fourth-order valence-corrected chi connectivity index (χ4v) is 2.43. The molecule has 1 aliphatic heterocycles. The predicted molar refractivity (Wildman–Crippen MR) is 80.9 cm³/mol. The molecule has 1 N–H and O–H groups in total. The molecule has 1 unspecified atom stereocenters. The smallest absolute Gasteiger partial charge is 0.224 e. The van der Waals surface area contributed by atoms with Crippen LogP contribution in [0.25, 0.3) is 0 Å². The molecule has 0 aliphatic carbocycles. The van der Waals surface area contributed by atoms with Crippen molar-refractivity contribution in [1.29, 1.82) is 5.26 Å². The van der Waals surface area contributed by atoms with Crippen LogP contribution in [0, 0.1) is 11.3 Å². The molecule has 1 aromatic carbocycles. The van der Waals surface area contributed by atoms with Crippen molar-refractivity contribution in [3.8, 4) is 6.07 Å². The van der Waals surface area contributed by atoms with E-state index in [0.717, 1.165) is 32.7 Å². The van der Waals surface area contributed by atoms with Gasteiger partial charge in [-0.15, -0.1) is 0 Å². The molecule has 5 heteroatoms. The second kappa shape index (κ2) is 7.77. The van der Waals surface area contributed by atoms with E-state index in [1.54, 1.807) is 24.3 Å². The Bertz CT molecular complexity index is 524. The highest BCUT2D eigenvalue weighted by Gasteiger charge is 2.18. The molecule has 0 bridgehead atoms. The molecule has 1 fully saturated rings. The summed E-state index contributed by atoms with van der Waals surface area (Å²) in [7, 11) is 0. The summed E-state index contributed by atoms with van der Waals surface area (Å²) >= 11 is 0. The van der Waals surface area contributed by atoms with Crippen molar-refractivity contribution in [3.05, 3.63) is 29.8 Å². The van der Waals surface area contributed by atoms with Gasteiger partial charge in [-0.05, 0) is 38.1 Å². The first kappa shape index (κ1) is 15.5. The lowest BCUT2D eigenvalue weighted by Crippen LogP contribution is -2.44. The van der Waals surface area contributed by atoms with E-state index in [0.29, 0.717) is 23.7 Å². The van der Waals surface area contributed by atoms with Gasteiger partial charge in [-0.1, -0.05) is 6.07 Å². The summed E-state index contributed by atoms with van der Waals surface area (Å²) in [6, 6.07) is 9.45. The van der Waals surface area contributed by atoms with Gasteiger partial charge in [0.15, 0.2) is 0 Å². The molecule has 112 valence electrons. The Kier molecular flexibility index (Phi) is 5.73. The summed E-state index contributed by atoms with van der Waals surface area (Å²) in [5, 5.41) is 11.7. The van der Waals surface area contributed by atoms with Gasteiger partial charge in [-0.25, -0.2) is 0 Å². The van der Waals surface area contributed by atoms with E-state index >= 15 is 0 Å². The molecular weight excluding hydrogens is 266 g/mol. The Morgan fingerprint density at radius 2 is 2.43 bits per heavy atom. The van der Waals surface area contributed by atoms with Crippen LogP contribution in [-0.2, 0) is 9.53 Å². The van der Waals surface area contributed by atoms with Crippen molar-refractivity contribution in [2.75, 3.05) is 31.6 Å². The Balaban J connectivity index is 1.73. The van der Waals surface area contributed by atoms with Crippen molar-refractivity contribution in [1.82, 2.24) is 4.90 Å². The third kappa shape index (κ3) is 4.85. The maximum absolute atomic E-state index is 11.9. The number of morpholine rings is 1. The summed E-state index contributed by atoms with van der Waals surface area (Å²) in [6.07, 6.45) is 1.31. The zero-order valence-electron chi connectivity index (χ0n) is 12.3. The van der Waals surface area contributed by atoms with Crippen molar-refractivity contribution in [2.24, 2.45) is 0 Å². The van der Waals surface area contributed by atoms with Crippen LogP contribution in [-0.4, -0.2) is 43.2 Å². The zero-order valence-corrected chi connectivity index (χ0v) is 12.3. The number of hydrogen-bond acceptors (Lipinski definition) is 4. The summed E-state index contributed by atoms with van der Waals surface area (Å²) in [4.78, 5) is 14.3. The molecule has 5 nitrogen and oxygen atoms in total. The van der Waals surface area contributed by atoms with Crippen LogP contribution in [0.15, 0.2) is 24.3 Å². The Labute approximate surface area is 125 Å². The normalized spacial score (nSPS) is 19.0. The Hall–Kier alpha value is -1.90. The Morgan fingerprint density at radius 3 is 3.19 bits per heavy atom. The summed E-state index contributed by atoms with van der Waals surface area (Å²) in [6.45, 7) is 5.54. The van der Waals surface area contributed by atoms with Crippen LogP contribution in [0.4, 0.5) is 5.69 Å². The number of benzene rings is 1. The van der Waals surface area contributed by atoms with Gasteiger partial charge < -0.3 is 10.1 Å². The quantitative estimate of drug-likeness (QED) is 0.899. The molecular formula is C16H21N3O2. The molecule has 1 amide bonds. The van der Waals surface area contributed by atoms with Gasteiger partial charge in [0.25, 0.3) is 0 Å². The number of nitrogens with zero attached hydrogens (tertiary/aromatic N) is 2. The molecule has 1 aromatic rings. The molecule has 0 aromatic heterocycles.